The highest BCUT2D eigenvalue weighted by Gasteiger charge is 2.40. The van der Waals surface area contributed by atoms with Gasteiger partial charge in [0.15, 0.2) is 5.79 Å². The molecular weight excluding hydrogens is 270 g/mol. The lowest BCUT2D eigenvalue weighted by Gasteiger charge is -2.44. The molecule has 1 spiro atoms. The average molecular weight is 291 g/mol. The van der Waals surface area contributed by atoms with Gasteiger partial charge in [0.25, 0.3) is 0 Å². The van der Waals surface area contributed by atoms with Crippen molar-refractivity contribution in [2.24, 2.45) is 0 Å². The van der Waals surface area contributed by atoms with E-state index in [0.29, 0.717) is 39.4 Å². The number of benzene rings is 1. The number of rotatable bonds is 2. The van der Waals surface area contributed by atoms with Gasteiger partial charge in [0.05, 0.1) is 26.3 Å². The molecule has 2 aliphatic rings. The predicted molar refractivity (Wildman–Crippen MR) is 77.8 cm³/mol. The number of nitrogens with one attached hydrogen (secondary N) is 2. The van der Waals surface area contributed by atoms with Crippen LogP contribution in [0.2, 0.25) is 0 Å². The van der Waals surface area contributed by atoms with Crippen LogP contribution >= 0.6 is 0 Å². The highest BCUT2D eigenvalue weighted by atomic mass is 16.7. The van der Waals surface area contributed by atoms with Gasteiger partial charge in [-0.25, -0.2) is 4.79 Å². The summed E-state index contributed by atoms with van der Waals surface area (Å²) in [4.78, 5) is 14.0. The van der Waals surface area contributed by atoms with Crippen LogP contribution in [0.1, 0.15) is 5.56 Å². The van der Waals surface area contributed by atoms with E-state index in [1.807, 2.05) is 30.3 Å². The highest BCUT2D eigenvalue weighted by Crippen LogP contribution is 2.21. The zero-order valence-electron chi connectivity index (χ0n) is 12.0. The van der Waals surface area contributed by atoms with Gasteiger partial charge < -0.3 is 25.0 Å². The van der Waals surface area contributed by atoms with Crippen molar-refractivity contribution >= 4 is 6.03 Å². The number of hydrogen-bond donors (Lipinski definition) is 2. The van der Waals surface area contributed by atoms with Crippen LogP contribution in [0.25, 0.3) is 0 Å². The maximum Gasteiger partial charge on any atom is 0.317 e. The Morgan fingerprint density at radius 2 is 2.10 bits per heavy atom. The number of amides is 2. The summed E-state index contributed by atoms with van der Waals surface area (Å²) in [7, 11) is 0. The molecule has 1 unspecified atom stereocenters. The van der Waals surface area contributed by atoms with Crippen molar-refractivity contribution in [3.63, 3.8) is 0 Å². The van der Waals surface area contributed by atoms with Crippen LogP contribution in [-0.4, -0.2) is 56.1 Å². The second kappa shape index (κ2) is 6.43. The van der Waals surface area contributed by atoms with E-state index < -0.39 is 5.79 Å². The molecule has 0 radical (unpaired) electrons. The minimum absolute atomic E-state index is 0.0734. The first-order valence-electron chi connectivity index (χ1n) is 7.33. The molecular formula is C15H21N3O3. The number of carbonyl (C=O) groups is 1. The molecule has 6 heteroatoms. The van der Waals surface area contributed by atoms with Crippen LogP contribution in [-0.2, 0) is 16.0 Å². The quantitative estimate of drug-likeness (QED) is 0.835. The molecule has 21 heavy (non-hydrogen) atoms. The van der Waals surface area contributed by atoms with Crippen molar-refractivity contribution in [2.45, 2.75) is 12.3 Å². The van der Waals surface area contributed by atoms with Crippen molar-refractivity contribution in [3.8, 4) is 0 Å². The topological polar surface area (TPSA) is 62.8 Å². The van der Waals surface area contributed by atoms with Crippen molar-refractivity contribution in [2.75, 3.05) is 39.4 Å². The molecule has 2 N–H and O–H groups in total. The zero-order chi connectivity index (χ0) is 14.5. The summed E-state index contributed by atoms with van der Waals surface area (Å²) in [6, 6.07) is 9.81. The molecule has 1 aromatic rings. The van der Waals surface area contributed by atoms with E-state index >= 15 is 0 Å². The molecule has 0 saturated carbocycles. The van der Waals surface area contributed by atoms with Crippen LogP contribution in [0.5, 0.6) is 0 Å². The fraction of sp³-hybridized carbons (Fsp3) is 0.533. The maximum absolute atomic E-state index is 12.3. The Bertz CT molecular complexity index is 469. The van der Waals surface area contributed by atoms with Crippen molar-refractivity contribution in [1.82, 2.24) is 15.5 Å². The number of ether oxygens (including phenoxy) is 2. The Kier molecular flexibility index (Phi) is 4.38. The molecule has 114 valence electrons. The van der Waals surface area contributed by atoms with Crippen LogP contribution in [0, 0.1) is 0 Å². The van der Waals surface area contributed by atoms with E-state index in [4.69, 9.17) is 9.47 Å². The second-order valence-corrected chi connectivity index (χ2v) is 5.35. The molecule has 0 bridgehead atoms. The third-order valence-electron chi connectivity index (χ3n) is 3.77. The fourth-order valence-corrected chi connectivity index (χ4v) is 2.65. The molecule has 2 amide bonds. The number of hydrogen-bond acceptors (Lipinski definition) is 4. The van der Waals surface area contributed by atoms with Crippen molar-refractivity contribution < 1.29 is 14.3 Å². The summed E-state index contributed by atoms with van der Waals surface area (Å²) < 4.78 is 11.5. The molecule has 2 saturated heterocycles. The Hall–Kier alpha value is -1.63. The van der Waals surface area contributed by atoms with Gasteiger partial charge in [-0.1, -0.05) is 30.3 Å². The summed E-state index contributed by atoms with van der Waals surface area (Å²) in [5, 5.41) is 6.20. The van der Waals surface area contributed by atoms with E-state index in [2.05, 4.69) is 10.6 Å². The van der Waals surface area contributed by atoms with E-state index in [9.17, 15) is 4.79 Å². The van der Waals surface area contributed by atoms with Gasteiger partial charge in [-0.05, 0) is 5.56 Å². The molecule has 2 fully saturated rings. The first-order valence-corrected chi connectivity index (χ1v) is 7.33. The zero-order valence-corrected chi connectivity index (χ0v) is 12.0. The molecule has 0 aliphatic carbocycles. The summed E-state index contributed by atoms with van der Waals surface area (Å²) in [6.07, 6.45) is 0. The largest absolute Gasteiger partial charge is 0.346 e. The number of morpholine rings is 2. The van der Waals surface area contributed by atoms with Gasteiger partial charge in [-0.2, -0.15) is 0 Å². The third kappa shape index (κ3) is 3.53. The van der Waals surface area contributed by atoms with E-state index in [1.165, 1.54) is 0 Å². The number of nitrogens with zero attached hydrogens (tertiary/aromatic N) is 1. The summed E-state index contributed by atoms with van der Waals surface area (Å²) in [5.41, 5.74) is 1.09. The first kappa shape index (κ1) is 14.3. The highest BCUT2D eigenvalue weighted by molar-refractivity contribution is 5.74. The molecule has 0 aromatic heterocycles. The predicted octanol–water partition coefficient (Wildman–Crippen LogP) is 0.544. The Morgan fingerprint density at radius 3 is 2.86 bits per heavy atom. The van der Waals surface area contributed by atoms with Crippen LogP contribution in [0.15, 0.2) is 30.3 Å². The minimum atomic E-state index is -0.680. The van der Waals surface area contributed by atoms with E-state index in [1.54, 1.807) is 4.90 Å². The summed E-state index contributed by atoms with van der Waals surface area (Å²) in [5.74, 6) is -0.680. The standard InChI is InChI=1S/C15H21N3O3/c19-14(17-10-13-4-2-1-3-5-13)18-7-9-21-15(12-18)11-16-6-8-20-15/h1-5,16H,6-12H2,(H,17,19). The van der Waals surface area contributed by atoms with E-state index in [0.717, 1.165) is 12.1 Å². The third-order valence-corrected chi connectivity index (χ3v) is 3.77. The van der Waals surface area contributed by atoms with E-state index in [-0.39, 0.29) is 6.03 Å². The van der Waals surface area contributed by atoms with Crippen LogP contribution in [0.3, 0.4) is 0 Å². The average Bonchev–Trinajstić information content (AvgIpc) is 2.54. The van der Waals surface area contributed by atoms with Gasteiger partial charge in [0.2, 0.25) is 0 Å². The lowest BCUT2D eigenvalue weighted by atomic mass is 10.2. The number of carbonyl (C=O) groups excluding carboxylic acids is 1. The van der Waals surface area contributed by atoms with Gasteiger partial charge in [0, 0.05) is 19.6 Å². The summed E-state index contributed by atoms with van der Waals surface area (Å²) in [6.45, 7) is 4.14. The second-order valence-electron chi connectivity index (χ2n) is 5.35. The molecule has 1 aromatic carbocycles. The lowest BCUT2D eigenvalue weighted by molar-refractivity contribution is -0.268. The summed E-state index contributed by atoms with van der Waals surface area (Å²) >= 11 is 0. The lowest BCUT2D eigenvalue weighted by Crippen LogP contribution is -2.63. The van der Waals surface area contributed by atoms with Crippen molar-refractivity contribution in [1.29, 1.82) is 0 Å². The first-order chi connectivity index (χ1) is 10.3. The Balaban J connectivity index is 1.54. The van der Waals surface area contributed by atoms with Crippen LogP contribution < -0.4 is 10.6 Å². The normalized spacial score (nSPS) is 25.8. The fourth-order valence-electron chi connectivity index (χ4n) is 2.65. The van der Waals surface area contributed by atoms with Gasteiger partial charge in [0.1, 0.15) is 0 Å². The molecule has 2 heterocycles. The number of urea groups is 1. The molecule has 6 nitrogen and oxygen atoms in total. The van der Waals surface area contributed by atoms with Gasteiger partial charge in [-0.3, -0.25) is 0 Å². The molecule has 3 rings (SSSR count). The smallest absolute Gasteiger partial charge is 0.317 e. The Morgan fingerprint density at radius 1 is 1.29 bits per heavy atom. The minimum Gasteiger partial charge on any atom is -0.346 e. The molecule has 2 aliphatic heterocycles. The van der Waals surface area contributed by atoms with Crippen molar-refractivity contribution in [3.05, 3.63) is 35.9 Å². The monoisotopic (exact) mass is 291 g/mol. The maximum atomic E-state index is 12.3. The van der Waals surface area contributed by atoms with Crippen LogP contribution in [0.4, 0.5) is 4.79 Å². The Labute approximate surface area is 124 Å². The van der Waals surface area contributed by atoms with Gasteiger partial charge >= 0.3 is 6.03 Å². The molecule has 1 atom stereocenters. The van der Waals surface area contributed by atoms with Gasteiger partial charge in [-0.15, -0.1) is 0 Å². The SMILES string of the molecule is O=C(NCc1ccccc1)N1CCOC2(CNCCO2)C1.